The molecule has 5 heteroatoms. The SMILES string of the molecule is CC(C)c1ccc(OCC(=O)N(C)C(C)CN)cc1.Cl. The monoisotopic (exact) mass is 300 g/mol. The van der Waals surface area contributed by atoms with Crippen molar-refractivity contribution in [1.29, 1.82) is 0 Å². The third-order valence-electron chi connectivity index (χ3n) is 3.30. The molecule has 0 saturated heterocycles. The molecule has 0 radical (unpaired) electrons. The highest BCUT2D eigenvalue weighted by Crippen LogP contribution is 2.18. The summed E-state index contributed by atoms with van der Waals surface area (Å²) in [7, 11) is 1.74. The molecule has 114 valence electrons. The van der Waals surface area contributed by atoms with Gasteiger partial charge in [-0.1, -0.05) is 26.0 Å². The highest BCUT2D eigenvalue weighted by molar-refractivity contribution is 5.85. The number of hydrogen-bond acceptors (Lipinski definition) is 3. The molecule has 0 fully saturated rings. The molecule has 0 heterocycles. The zero-order chi connectivity index (χ0) is 14.4. The lowest BCUT2D eigenvalue weighted by Gasteiger charge is -2.23. The van der Waals surface area contributed by atoms with E-state index in [1.807, 2.05) is 31.2 Å². The fraction of sp³-hybridized carbons (Fsp3) is 0.533. The van der Waals surface area contributed by atoms with E-state index in [4.69, 9.17) is 10.5 Å². The topological polar surface area (TPSA) is 55.6 Å². The molecular formula is C15H25ClN2O2. The highest BCUT2D eigenvalue weighted by atomic mass is 35.5. The Kier molecular flexibility index (Phi) is 8.26. The summed E-state index contributed by atoms with van der Waals surface area (Å²) in [6.45, 7) is 6.69. The average Bonchev–Trinajstić information content (AvgIpc) is 2.43. The molecule has 1 unspecified atom stereocenters. The van der Waals surface area contributed by atoms with E-state index >= 15 is 0 Å². The van der Waals surface area contributed by atoms with Crippen molar-refractivity contribution in [3.63, 3.8) is 0 Å². The number of amides is 1. The van der Waals surface area contributed by atoms with Crippen molar-refractivity contribution in [2.45, 2.75) is 32.7 Å². The molecule has 0 aromatic heterocycles. The van der Waals surface area contributed by atoms with Crippen LogP contribution < -0.4 is 10.5 Å². The summed E-state index contributed by atoms with van der Waals surface area (Å²) in [5.74, 6) is 1.14. The van der Waals surface area contributed by atoms with Gasteiger partial charge in [0.05, 0.1) is 0 Å². The first-order valence-corrected chi connectivity index (χ1v) is 6.64. The van der Waals surface area contributed by atoms with Gasteiger partial charge < -0.3 is 15.4 Å². The molecule has 1 rings (SSSR count). The van der Waals surface area contributed by atoms with Crippen molar-refractivity contribution in [3.05, 3.63) is 29.8 Å². The lowest BCUT2D eigenvalue weighted by Crippen LogP contribution is -2.42. The minimum atomic E-state index is -0.0640. The number of likely N-dealkylation sites (N-methyl/N-ethyl adjacent to an activating group) is 1. The molecular weight excluding hydrogens is 276 g/mol. The van der Waals surface area contributed by atoms with Gasteiger partial charge in [-0.25, -0.2) is 0 Å². The molecule has 1 aromatic carbocycles. The summed E-state index contributed by atoms with van der Waals surface area (Å²) >= 11 is 0. The lowest BCUT2D eigenvalue weighted by atomic mass is 10.0. The minimum absolute atomic E-state index is 0. The van der Waals surface area contributed by atoms with Crippen LogP contribution >= 0.6 is 12.4 Å². The lowest BCUT2D eigenvalue weighted by molar-refractivity contribution is -0.133. The van der Waals surface area contributed by atoms with E-state index in [0.717, 1.165) is 0 Å². The van der Waals surface area contributed by atoms with Gasteiger partial charge in [-0.05, 0) is 30.5 Å². The van der Waals surface area contributed by atoms with Crippen LogP contribution in [0, 0.1) is 0 Å². The summed E-state index contributed by atoms with van der Waals surface area (Å²) in [5, 5.41) is 0. The van der Waals surface area contributed by atoms with Crippen LogP contribution in [0.2, 0.25) is 0 Å². The second-order valence-corrected chi connectivity index (χ2v) is 5.10. The average molecular weight is 301 g/mol. The summed E-state index contributed by atoms with van der Waals surface area (Å²) in [4.78, 5) is 13.5. The first-order valence-electron chi connectivity index (χ1n) is 6.64. The van der Waals surface area contributed by atoms with Crippen molar-refractivity contribution < 1.29 is 9.53 Å². The van der Waals surface area contributed by atoms with E-state index in [0.29, 0.717) is 18.2 Å². The van der Waals surface area contributed by atoms with Crippen LogP contribution in [-0.2, 0) is 4.79 Å². The normalized spacial score (nSPS) is 11.7. The van der Waals surface area contributed by atoms with Crippen LogP contribution in [-0.4, -0.2) is 37.0 Å². The summed E-state index contributed by atoms with van der Waals surface area (Å²) in [5.41, 5.74) is 6.79. The van der Waals surface area contributed by atoms with E-state index < -0.39 is 0 Å². The van der Waals surface area contributed by atoms with E-state index in [1.165, 1.54) is 5.56 Å². The van der Waals surface area contributed by atoms with Crippen LogP contribution in [0.15, 0.2) is 24.3 Å². The molecule has 1 amide bonds. The van der Waals surface area contributed by atoms with Gasteiger partial charge in [0.1, 0.15) is 5.75 Å². The highest BCUT2D eigenvalue weighted by Gasteiger charge is 2.14. The fourth-order valence-corrected chi connectivity index (χ4v) is 1.60. The predicted molar refractivity (Wildman–Crippen MR) is 84.6 cm³/mol. The zero-order valence-electron chi connectivity index (χ0n) is 12.6. The van der Waals surface area contributed by atoms with Crippen LogP contribution in [0.1, 0.15) is 32.3 Å². The Balaban J connectivity index is 0.00000361. The Hall–Kier alpha value is -1.26. The van der Waals surface area contributed by atoms with E-state index in [2.05, 4.69) is 13.8 Å². The number of benzene rings is 1. The Labute approximate surface area is 127 Å². The van der Waals surface area contributed by atoms with Crippen LogP contribution in [0.4, 0.5) is 0 Å². The van der Waals surface area contributed by atoms with Gasteiger partial charge in [0, 0.05) is 19.6 Å². The number of nitrogens with two attached hydrogens (primary N) is 1. The van der Waals surface area contributed by atoms with Crippen molar-refractivity contribution in [1.82, 2.24) is 4.90 Å². The number of carbonyl (C=O) groups is 1. The molecule has 20 heavy (non-hydrogen) atoms. The number of nitrogens with zero attached hydrogens (tertiary/aromatic N) is 1. The van der Waals surface area contributed by atoms with Crippen molar-refractivity contribution in [2.24, 2.45) is 5.73 Å². The molecule has 0 bridgehead atoms. The molecule has 0 aliphatic carbocycles. The smallest absolute Gasteiger partial charge is 0.260 e. The molecule has 0 saturated carbocycles. The summed E-state index contributed by atoms with van der Waals surface area (Å²) in [6, 6.07) is 7.87. The van der Waals surface area contributed by atoms with Gasteiger partial charge in [-0.2, -0.15) is 0 Å². The Morgan fingerprint density at radius 2 is 1.80 bits per heavy atom. The maximum absolute atomic E-state index is 11.8. The van der Waals surface area contributed by atoms with Gasteiger partial charge in [0.25, 0.3) is 5.91 Å². The molecule has 4 nitrogen and oxygen atoms in total. The maximum Gasteiger partial charge on any atom is 0.260 e. The standard InChI is InChI=1S/C15H24N2O2.ClH/c1-11(2)13-5-7-14(8-6-13)19-10-15(18)17(4)12(3)9-16;/h5-8,11-12H,9-10,16H2,1-4H3;1H. The van der Waals surface area contributed by atoms with Gasteiger partial charge in [-0.3, -0.25) is 4.79 Å². The second-order valence-electron chi connectivity index (χ2n) is 5.10. The first kappa shape index (κ1) is 18.7. The maximum atomic E-state index is 11.8. The van der Waals surface area contributed by atoms with Crippen molar-refractivity contribution in [3.8, 4) is 5.75 Å². The molecule has 1 atom stereocenters. The Morgan fingerprint density at radius 3 is 2.25 bits per heavy atom. The van der Waals surface area contributed by atoms with E-state index in [9.17, 15) is 4.79 Å². The predicted octanol–water partition coefficient (Wildman–Crippen LogP) is 2.42. The van der Waals surface area contributed by atoms with Gasteiger partial charge >= 0.3 is 0 Å². The van der Waals surface area contributed by atoms with E-state index in [1.54, 1.807) is 11.9 Å². The third kappa shape index (κ3) is 5.39. The number of carbonyl (C=O) groups excluding carboxylic acids is 1. The van der Waals surface area contributed by atoms with Crippen molar-refractivity contribution >= 4 is 18.3 Å². The summed E-state index contributed by atoms with van der Waals surface area (Å²) < 4.78 is 5.49. The van der Waals surface area contributed by atoms with E-state index in [-0.39, 0.29) is 31.0 Å². The number of hydrogen-bond donors (Lipinski definition) is 1. The minimum Gasteiger partial charge on any atom is -0.484 e. The number of ether oxygens (including phenoxy) is 1. The van der Waals surface area contributed by atoms with Gasteiger partial charge in [0.2, 0.25) is 0 Å². The van der Waals surface area contributed by atoms with Crippen LogP contribution in [0.5, 0.6) is 5.75 Å². The third-order valence-corrected chi connectivity index (χ3v) is 3.30. The molecule has 1 aromatic rings. The van der Waals surface area contributed by atoms with Crippen LogP contribution in [0.25, 0.3) is 0 Å². The summed E-state index contributed by atoms with van der Waals surface area (Å²) in [6.07, 6.45) is 0. The fourth-order valence-electron chi connectivity index (χ4n) is 1.60. The van der Waals surface area contributed by atoms with Crippen LogP contribution in [0.3, 0.4) is 0 Å². The first-order chi connectivity index (χ1) is 8.95. The van der Waals surface area contributed by atoms with Gasteiger partial charge in [-0.15, -0.1) is 12.4 Å². The molecule has 2 N–H and O–H groups in total. The number of halogens is 1. The van der Waals surface area contributed by atoms with Crippen molar-refractivity contribution in [2.75, 3.05) is 20.2 Å². The Bertz CT molecular complexity index is 407. The van der Waals surface area contributed by atoms with Gasteiger partial charge in [0.15, 0.2) is 6.61 Å². The molecule has 0 aliphatic rings. The molecule has 0 spiro atoms. The second kappa shape index (κ2) is 8.82. The zero-order valence-corrected chi connectivity index (χ0v) is 13.4. The Morgan fingerprint density at radius 1 is 1.25 bits per heavy atom. The quantitative estimate of drug-likeness (QED) is 0.878. The number of rotatable bonds is 6. The molecule has 0 aliphatic heterocycles. The largest absolute Gasteiger partial charge is 0.484 e.